The van der Waals surface area contributed by atoms with Gasteiger partial charge in [-0.15, -0.1) is 0 Å². The Morgan fingerprint density at radius 1 is 1.33 bits per heavy atom. The van der Waals surface area contributed by atoms with Crippen molar-refractivity contribution >= 4 is 0 Å². The molecule has 0 fully saturated rings. The van der Waals surface area contributed by atoms with Crippen LogP contribution in [0.15, 0.2) is 0 Å². The fraction of sp³-hybridized carbons (Fsp3) is 1.00. The molecule has 0 rings (SSSR count). The first-order valence-electron chi connectivity index (χ1n) is 3.68. The van der Waals surface area contributed by atoms with Crippen LogP contribution in [0, 0.1) is 0 Å². The van der Waals surface area contributed by atoms with Gasteiger partial charge in [0.15, 0.2) is 0 Å². The van der Waals surface area contributed by atoms with Crippen LogP contribution in [0.25, 0.3) is 0 Å². The van der Waals surface area contributed by atoms with Gasteiger partial charge in [-0.05, 0) is 20.0 Å². The van der Waals surface area contributed by atoms with E-state index in [-0.39, 0.29) is 0 Å². The van der Waals surface area contributed by atoms with Crippen molar-refractivity contribution in [1.29, 1.82) is 0 Å². The average Bonchev–Trinajstić information content (AvgIpc) is 1.82. The first-order valence-corrected chi connectivity index (χ1v) is 3.68. The lowest BCUT2D eigenvalue weighted by Crippen LogP contribution is -2.35. The van der Waals surface area contributed by atoms with Crippen LogP contribution in [0.3, 0.4) is 0 Å². The van der Waals surface area contributed by atoms with Crippen LogP contribution in [0.5, 0.6) is 0 Å². The zero-order valence-electron chi connectivity index (χ0n) is 6.72. The van der Waals surface area contributed by atoms with Crippen molar-refractivity contribution in [1.82, 2.24) is 4.90 Å². The molecule has 0 aromatic heterocycles. The number of likely N-dealkylation sites (N-methyl/N-ethyl adjacent to an activating group) is 1. The monoisotopic (exact) mass is 130 g/mol. The van der Waals surface area contributed by atoms with Crippen molar-refractivity contribution < 1.29 is 0 Å². The van der Waals surface area contributed by atoms with Crippen molar-refractivity contribution in [2.24, 2.45) is 5.73 Å². The minimum Gasteiger partial charge on any atom is -0.327 e. The fourth-order valence-corrected chi connectivity index (χ4v) is 0.889. The van der Waals surface area contributed by atoms with E-state index in [1.54, 1.807) is 0 Å². The fourth-order valence-electron chi connectivity index (χ4n) is 0.889. The van der Waals surface area contributed by atoms with Crippen LogP contribution < -0.4 is 5.73 Å². The Morgan fingerprint density at radius 3 is 1.89 bits per heavy atom. The highest BCUT2D eigenvalue weighted by molar-refractivity contribution is 4.59. The minimum atomic E-state index is 0.310. The van der Waals surface area contributed by atoms with Crippen LogP contribution in [0.1, 0.15) is 20.8 Å². The van der Waals surface area contributed by atoms with Crippen LogP contribution in [-0.2, 0) is 0 Å². The number of hydrogen-bond acceptors (Lipinski definition) is 2. The van der Waals surface area contributed by atoms with Crippen molar-refractivity contribution in [2.75, 3.05) is 19.6 Å². The maximum Gasteiger partial charge on any atom is 0.0139 e. The van der Waals surface area contributed by atoms with E-state index < -0.39 is 0 Å². The minimum absolute atomic E-state index is 0.310. The van der Waals surface area contributed by atoms with Gasteiger partial charge < -0.3 is 10.6 Å². The largest absolute Gasteiger partial charge is 0.327 e. The predicted molar refractivity (Wildman–Crippen MR) is 41.4 cm³/mol. The molecule has 0 heterocycles. The molecule has 0 saturated heterocycles. The van der Waals surface area contributed by atoms with E-state index in [1.807, 2.05) is 6.92 Å². The maximum absolute atomic E-state index is 5.60. The van der Waals surface area contributed by atoms with Gasteiger partial charge >= 0.3 is 0 Å². The number of hydrogen-bond donors (Lipinski definition) is 1. The summed E-state index contributed by atoms with van der Waals surface area (Å²) in [6.45, 7) is 9.60. The summed E-state index contributed by atoms with van der Waals surface area (Å²) >= 11 is 0. The van der Waals surface area contributed by atoms with E-state index in [1.165, 1.54) is 0 Å². The Labute approximate surface area is 58.0 Å². The second-order valence-corrected chi connectivity index (χ2v) is 2.46. The highest BCUT2D eigenvalue weighted by Crippen LogP contribution is 1.87. The third-order valence-corrected chi connectivity index (χ3v) is 1.44. The molecule has 0 aromatic rings. The molecule has 0 unspecified atom stereocenters. The summed E-state index contributed by atoms with van der Waals surface area (Å²) in [6, 6.07) is 0.310. The molecule has 56 valence electrons. The standard InChI is InChI=1S/C7H18N2/c1-4-9(5-2)6-7(3)8/h7H,4-6,8H2,1-3H3/t7-/m1/s1. The molecule has 2 N–H and O–H groups in total. The van der Waals surface area contributed by atoms with E-state index in [4.69, 9.17) is 5.73 Å². The van der Waals surface area contributed by atoms with Crippen molar-refractivity contribution in [3.63, 3.8) is 0 Å². The lowest BCUT2D eigenvalue weighted by Gasteiger charge is -2.19. The van der Waals surface area contributed by atoms with Gasteiger partial charge in [-0.2, -0.15) is 0 Å². The van der Waals surface area contributed by atoms with Gasteiger partial charge in [0.2, 0.25) is 0 Å². The van der Waals surface area contributed by atoms with Gasteiger partial charge in [-0.3, -0.25) is 0 Å². The second kappa shape index (κ2) is 4.77. The Balaban J connectivity index is 3.31. The van der Waals surface area contributed by atoms with Crippen LogP contribution in [0.4, 0.5) is 0 Å². The number of rotatable bonds is 4. The van der Waals surface area contributed by atoms with E-state index in [9.17, 15) is 0 Å². The van der Waals surface area contributed by atoms with Crippen molar-refractivity contribution in [3.8, 4) is 0 Å². The first kappa shape index (κ1) is 8.92. The van der Waals surface area contributed by atoms with Crippen LogP contribution in [0.2, 0.25) is 0 Å². The van der Waals surface area contributed by atoms with Gasteiger partial charge in [0.05, 0.1) is 0 Å². The third-order valence-electron chi connectivity index (χ3n) is 1.44. The molecular weight excluding hydrogens is 112 g/mol. The van der Waals surface area contributed by atoms with Gasteiger partial charge in [0.1, 0.15) is 0 Å². The molecule has 0 spiro atoms. The van der Waals surface area contributed by atoms with Gasteiger partial charge in [0.25, 0.3) is 0 Å². The van der Waals surface area contributed by atoms with Gasteiger partial charge in [0, 0.05) is 12.6 Å². The molecule has 0 saturated carbocycles. The molecule has 0 aliphatic carbocycles. The highest BCUT2D eigenvalue weighted by Gasteiger charge is 2.00. The first-order chi connectivity index (χ1) is 4.20. The maximum atomic E-state index is 5.60. The zero-order valence-corrected chi connectivity index (χ0v) is 6.72. The Hall–Kier alpha value is -0.0800. The highest BCUT2D eigenvalue weighted by atomic mass is 15.1. The third kappa shape index (κ3) is 4.43. The molecule has 9 heavy (non-hydrogen) atoms. The zero-order chi connectivity index (χ0) is 7.28. The molecule has 0 radical (unpaired) electrons. The molecule has 1 atom stereocenters. The normalized spacial score (nSPS) is 14.3. The van der Waals surface area contributed by atoms with Gasteiger partial charge in [-0.1, -0.05) is 13.8 Å². The van der Waals surface area contributed by atoms with Crippen LogP contribution in [-0.4, -0.2) is 30.6 Å². The summed E-state index contributed by atoms with van der Waals surface area (Å²) in [5.41, 5.74) is 5.60. The summed E-state index contributed by atoms with van der Waals surface area (Å²) < 4.78 is 0. The SMILES string of the molecule is CCN(CC)C[C@@H](C)N. The van der Waals surface area contributed by atoms with Crippen molar-refractivity contribution in [3.05, 3.63) is 0 Å². The molecule has 2 nitrogen and oxygen atoms in total. The number of nitrogens with zero attached hydrogens (tertiary/aromatic N) is 1. The smallest absolute Gasteiger partial charge is 0.0139 e. The summed E-state index contributed by atoms with van der Waals surface area (Å²) in [6.07, 6.45) is 0. The summed E-state index contributed by atoms with van der Waals surface area (Å²) in [7, 11) is 0. The Bertz CT molecular complexity index is 57.9. The molecule has 0 aromatic carbocycles. The second-order valence-electron chi connectivity index (χ2n) is 2.46. The van der Waals surface area contributed by atoms with E-state index >= 15 is 0 Å². The quantitative estimate of drug-likeness (QED) is 0.606. The average molecular weight is 130 g/mol. The number of nitrogens with two attached hydrogens (primary N) is 1. The van der Waals surface area contributed by atoms with Crippen molar-refractivity contribution in [2.45, 2.75) is 26.8 Å². The topological polar surface area (TPSA) is 29.3 Å². The van der Waals surface area contributed by atoms with Gasteiger partial charge in [-0.25, -0.2) is 0 Å². The van der Waals surface area contributed by atoms with E-state index in [0.29, 0.717) is 6.04 Å². The molecule has 0 aliphatic rings. The summed E-state index contributed by atoms with van der Waals surface area (Å²) in [5, 5.41) is 0. The molecule has 0 aliphatic heterocycles. The molecule has 0 bridgehead atoms. The lowest BCUT2D eigenvalue weighted by atomic mass is 10.3. The lowest BCUT2D eigenvalue weighted by molar-refractivity contribution is 0.289. The molecule has 0 amide bonds. The molecule has 2 heteroatoms. The summed E-state index contributed by atoms with van der Waals surface area (Å²) in [5.74, 6) is 0. The Morgan fingerprint density at radius 2 is 1.78 bits per heavy atom. The van der Waals surface area contributed by atoms with E-state index in [2.05, 4.69) is 18.7 Å². The van der Waals surface area contributed by atoms with E-state index in [0.717, 1.165) is 19.6 Å². The summed E-state index contributed by atoms with van der Waals surface area (Å²) in [4.78, 5) is 2.32. The van der Waals surface area contributed by atoms with Crippen LogP contribution >= 0.6 is 0 Å². The predicted octanol–water partition coefficient (Wildman–Crippen LogP) is 0.675. The Kier molecular flexibility index (Phi) is 4.72. The molecular formula is C7H18N2.